The van der Waals surface area contributed by atoms with Crippen LogP contribution in [0.3, 0.4) is 0 Å². The molecule has 6 heteroatoms. The van der Waals surface area contributed by atoms with Crippen LogP contribution in [0.1, 0.15) is 49.8 Å². The van der Waals surface area contributed by atoms with Crippen LogP contribution in [0, 0.1) is 0 Å². The number of ether oxygens (including phenoxy) is 2. The minimum Gasteiger partial charge on any atom is -0.507 e. The number of phenols is 1. The Labute approximate surface area is 158 Å². The van der Waals surface area contributed by atoms with Crippen molar-refractivity contribution in [2.45, 2.75) is 33.1 Å². The monoisotopic (exact) mass is 368 g/mol. The van der Waals surface area contributed by atoms with Gasteiger partial charge in [-0.15, -0.1) is 0 Å². The molecule has 2 aromatic rings. The predicted molar refractivity (Wildman–Crippen MR) is 104 cm³/mol. The molecule has 2 aromatic carbocycles. The van der Waals surface area contributed by atoms with E-state index in [2.05, 4.69) is 10.5 Å². The van der Waals surface area contributed by atoms with E-state index in [1.807, 2.05) is 39.0 Å². The number of carbonyl (C=O) groups is 1. The minimum atomic E-state index is -0.373. The summed E-state index contributed by atoms with van der Waals surface area (Å²) < 4.78 is 11.5. The third-order valence-corrected chi connectivity index (χ3v) is 4.51. The van der Waals surface area contributed by atoms with Gasteiger partial charge in [0.1, 0.15) is 11.5 Å². The molecule has 0 spiro atoms. The molecule has 0 aliphatic carbocycles. The maximum absolute atomic E-state index is 12.6. The second-order valence-corrected chi connectivity index (χ2v) is 6.17. The van der Waals surface area contributed by atoms with Crippen molar-refractivity contribution < 1.29 is 19.4 Å². The largest absolute Gasteiger partial charge is 0.507 e. The Hall–Kier alpha value is -3.02. The number of rotatable bonds is 6. The van der Waals surface area contributed by atoms with Crippen LogP contribution >= 0.6 is 0 Å². The lowest BCUT2D eigenvalue weighted by Crippen LogP contribution is -2.23. The molecule has 1 aliphatic rings. The number of benzene rings is 2. The van der Waals surface area contributed by atoms with Crippen LogP contribution in [0.2, 0.25) is 0 Å². The smallest absolute Gasteiger partial charge is 0.247 e. The topological polar surface area (TPSA) is 80.2 Å². The van der Waals surface area contributed by atoms with Gasteiger partial charge in [0.05, 0.1) is 19.1 Å². The lowest BCUT2D eigenvalue weighted by molar-refractivity contribution is -0.122. The molecule has 0 saturated carbocycles. The summed E-state index contributed by atoms with van der Waals surface area (Å²) in [7, 11) is 0. The first-order valence-corrected chi connectivity index (χ1v) is 9.20. The molecule has 1 unspecified atom stereocenters. The highest BCUT2D eigenvalue weighted by Crippen LogP contribution is 2.38. The number of hydrazone groups is 1. The Bertz CT molecular complexity index is 876. The maximum Gasteiger partial charge on any atom is 0.247 e. The highest BCUT2D eigenvalue weighted by molar-refractivity contribution is 6.17. The number of hydrogen-bond donors (Lipinski definition) is 2. The van der Waals surface area contributed by atoms with Gasteiger partial charge < -0.3 is 14.6 Å². The normalized spacial score (nSPS) is 16.0. The van der Waals surface area contributed by atoms with Crippen molar-refractivity contribution in [3.8, 4) is 17.2 Å². The zero-order valence-corrected chi connectivity index (χ0v) is 15.8. The van der Waals surface area contributed by atoms with Gasteiger partial charge in [0.15, 0.2) is 11.5 Å². The molecular formula is C21H24N2O4. The van der Waals surface area contributed by atoms with Crippen molar-refractivity contribution in [2.24, 2.45) is 5.10 Å². The third-order valence-electron chi connectivity index (χ3n) is 4.51. The Balaban J connectivity index is 2.26. The molecule has 0 saturated heterocycles. The van der Waals surface area contributed by atoms with Crippen molar-refractivity contribution in [1.82, 2.24) is 5.43 Å². The lowest BCUT2D eigenvalue weighted by Gasteiger charge is -2.19. The van der Waals surface area contributed by atoms with Crippen molar-refractivity contribution in [1.29, 1.82) is 0 Å². The highest BCUT2D eigenvalue weighted by atomic mass is 16.5. The van der Waals surface area contributed by atoms with E-state index in [0.717, 1.165) is 11.1 Å². The fourth-order valence-electron chi connectivity index (χ4n) is 3.28. The first-order chi connectivity index (χ1) is 13.1. The maximum atomic E-state index is 12.6. The standard InChI is InChI=1S/C21H24N2O4/c1-4-13-15-11-18(26-5-2)19(27-6-3)12-16(15)20(22-23-21(13)25)14-9-7-8-10-17(14)24/h7-13,24H,4-6H2,1-3H3,(H,23,25). The minimum absolute atomic E-state index is 0.0956. The summed E-state index contributed by atoms with van der Waals surface area (Å²) >= 11 is 0. The first-order valence-electron chi connectivity index (χ1n) is 9.20. The molecule has 0 aromatic heterocycles. The molecule has 0 radical (unpaired) electrons. The fourth-order valence-corrected chi connectivity index (χ4v) is 3.28. The molecule has 2 N–H and O–H groups in total. The molecule has 1 aliphatic heterocycles. The Morgan fingerprint density at radius 1 is 1.04 bits per heavy atom. The van der Waals surface area contributed by atoms with Crippen molar-refractivity contribution >= 4 is 11.6 Å². The van der Waals surface area contributed by atoms with Crippen LogP contribution in [0.25, 0.3) is 0 Å². The molecule has 1 atom stereocenters. The van der Waals surface area contributed by atoms with Gasteiger partial charge in [0, 0.05) is 11.1 Å². The number of amides is 1. The number of fused-ring (bicyclic) bond motifs is 1. The van der Waals surface area contributed by atoms with Crippen LogP contribution in [-0.4, -0.2) is 29.9 Å². The summed E-state index contributed by atoms with van der Waals surface area (Å²) in [6.45, 7) is 6.73. The summed E-state index contributed by atoms with van der Waals surface area (Å²) in [6.07, 6.45) is 0.613. The van der Waals surface area contributed by atoms with Crippen LogP contribution < -0.4 is 14.9 Å². The van der Waals surface area contributed by atoms with E-state index in [0.29, 0.717) is 42.4 Å². The van der Waals surface area contributed by atoms with Crippen molar-refractivity contribution in [3.05, 3.63) is 53.1 Å². The molecule has 6 nitrogen and oxygen atoms in total. The summed E-state index contributed by atoms with van der Waals surface area (Å²) in [4.78, 5) is 12.6. The summed E-state index contributed by atoms with van der Waals surface area (Å²) in [6, 6.07) is 10.6. The molecule has 142 valence electrons. The first kappa shape index (κ1) is 18.8. The van der Waals surface area contributed by atoms with E-state index in [4.69, 9.17) is 9.47 Å². The van der Waals surface area contributed by atoms with Gasteiger partial charge in [-0.3, -0.25) is 4.79 Å². The molecule has 27 heavy (non-hydrogen) atoms. The average Bonchev–Trinajstić information content (AvgIpc) is 2.79. The zero-order chi connectivity index (χ0) is 19.4. The summed E-state index contributed by atoms with van der Waals surface area (Å²) in [5.74, 6) is 0.726. The highest BCUT2D eigenvalue weighted by Gasteiger charge is 2.30. The van der Waals surface area contributed by atoms with Gasteiger partial charge in [0.25, 0.3) is 0 Å². The molecule has 0 fully saturated rings. The van der Waals surface area contributed by atoms with E-state index in [1.54, 1.807) is 18.2 Å². The molecule has 1 heterocycles. The van der Waals surface area contributed by atoms with E-state index < -0.39 is 0 Å². The Morgan fingerprint density at radius 3 is 2.33 bits per heavy atom. The number of para-hydroxylation sites is 1. The van der Waals surface area contributed by atoms with Gasteiger partial charge in [0.2, 0.25) is 5.91 Å². The van der Waals surface area contributed by atoms with Crippen LogP contribution in [0.15, 0.2) is 41.5 Å². The van der Waals surface area contributed by atoms with Crippen molar-refractivity contribution in [2.75, 3.05) is 13.2 Å². The average molecular weight is 368 g/mol. The lowest BCUT2D eigenvalue weighted by atomic mass is 9.87. The predicted octanol–water partition coefficient (Wildman–Crippen LogP) is 3.57. The van der Waals surface area contributed by atoms with Crippen LogP contribution in [0.5, 0.6) is 17.2 Å². The zero-order valence-electron chi connectivity index (χ0n) is 15.8. The van der Waals surface area contributed by atoms with Crippen LogP contribution in [-0.2, 0) is 4.79 Å². The number of nitrogens with zero attached hydrogens (tertiary/aromatic N) is 1. The summed E-state index contributed by atoms with van der Waals surface area (Å²) in [5.41, 5.74) is 5.22. The number of carbonyl (C=O) groups excluding carboxylic acids is 1. The molecule has 0 bridgehead atoms. The second kappa shape index (κ2) is 8.12. The van der Waals surface area contributed by atoms with Gasteiger partial charge in [-0.1, -0.05) is 19.1 Å². The second-order valence-electron chi connectivity index (χ2n) is 6.17. The number of hydrogen-bond acceptors (Lipinski definition) is 5. The molecule has 1 amide bonds. The number of nitrogens with one attached hydrogen (secondary N) is 1. The van der Waals surface area contributed by atoms with Crippen LogP contribution in [0.4, 0.5) is 0 Å². The van der Waals surface area contributed by atoms with Crippen molar-refractivity contribution in [3.63, 3.8) is 0 Å². The SMILES string of the molecule is CCOc1cc2c(cc1OCC)C(CC)C(=O)NN=C2c1ccccc1O. The number of phenolic OH excluding ortho intramolecular Hbond substituents is 1. The van der Waals surface area contributed by atoms with Gasteiger partial charge >= 0.3 is 0 Å². The van der Waals surface area contributed by atoms with Gasteiger partial charge in [-0.05, 0) is 50.1 Å². The Kier molecular flexibility index (Phi) is 5.64. The number of aromatic hydroxyl groups is 1. The van der Waals surface area contributed by atoms with E-state index in [-0.39, 0.29) is 17.6 Å². The van der Waals surface area contributed by atoms with E-state index >= 15 is 0 Å². The van der Waals surface area contributed by atoms with Gasteiger partial charge in [-0.2, -0.15) is 5.10 Å². The van der Waals surface area contributed by atoms with E-state index in [9.17, 15) is 9.90 Å². The van der Waals surface area contributed by atoms with Gasteiger partial charge in [-0.25, -0.2) is 5.43 Å². The van der Waals surface area contributed by atoms with E-state index in [1.165, 1.54) is 0 Å². The Morgan fingerprint density at radius 2 is 1.70 bits per heavy atom. The quantitative estimate of drug-likeness (QED) is 0.817. The fraction of sp³-hybridized carbons (Fsp3) is 0.333. The molecular weight excluding hydrogens is 344 g/mol. The third kappa shape index (κ3) is 3.60. The molecule has 3 rings (SSSR count). The summed E-state index contributed by atoms with van der Waals surface area (Å²) in [5, 5.41) is 14.6.